The minimum absolute atomic E-state index is 0.0164. The third kappa shape index (κ3) is 2.39. The molecule has 1 amide bonds. The standard InChI is InChI=1S/C19H18N2O5/c1-19(2)16-15(18(24)26-19)11(8-14(22)21-16)12-7-9-6-10(25-3)4-5-13(9)20-17(12)23/h4-7,11H,8H2,1-3H3,(H,20,23)(H,21,22)/t11-/m0/s1. The van der Waals surface area contributed by atoms with Gasteiger partial charge in [0.15, 0.2) is 0 Å². The van der Waals surface area contributed by atoms with E-state index in [-0.39, 0.29) is 17.9 Å². The molecule has 1 aromatic carbocycles. The van der Waals surface area contributed by atoms with Gasteiger partial charge in [-0.15, -0.1) is 0 Å². The summed E-state index contributed by atoms with van der Waals surface area (Å²) in [6.45, 7) is 3.43. The van der Waals surface area contributed by atoms with E-state index in [9.17, 15) is 14.4 Å². The normalized spacial score (nSPS) is 21.4. The second-order valence-electron chi connectivity index (χ2n) is 7.00. The maximum Gasteiger partial charge on any atom is 0.337 e. The second kappa shape index (κ2) is 5.45. The number of amides is 1. The molecule has 2 aliphatic heterocycles. The van der Waals surface area contributed by atoms with Crippen LogP contribution in [0.3, 0.4) is 0 Å². The van der Waals surface area contributed by atoms with Crippen LogP contribution in [-0.4, -0.2) is 29.6 Å². The number of cyclic esters (lactones) is 1. The smallest absolute Gasteiger partial charge is 0.337 e. The van der Waals surface area contributed by atoms with Gasteiger partial charge in [-0.2, -0.15) is 0 Å². The number of esters is 1. The Kier molecular flexibility index (Phi) is 3.44. The van der Waals surface area contributed by atoms with Crippen LogP contribution in [-0.2, 0) is 14.3 Å². The zero-order chi connectivity index (χ0) is 18.6. The van der Waals surface area contributed by atoms with Crippen molar-refractivity contribution in [1.82, 2.24) is 10.3 Å². The molecule has 1 aromatic heterocycles. The molecule has 3 heterocycles. The molecule has 0 saturated heterocycles. The molecule has 0 aliphatic carbocycles. The van der Waals surface area contributed by atoms with Crippen molar-refractivity contribution in [2.75, 3.05) is 7.11 Å². The quantitative estimate of drug-likeness (QED) is 0.801. The highest BCUT2D eigenvalue weighted by Crippen LogP contribution is 2.42. The van der Waals surface area contributed by atoms with E-state index in [2.05, 4.69) is 10.3 Å². The molecule has 0 fully saturated rings. The summed E-state index contributed by atoms with van der Waals surface area (Å²) < 4.78 is 10.6. The number of aromatic amines is 1. The number of aromatic nitrogens is 1. The lowest BCUT2D eigenvalue weighted by Crippen LogP contribution is -2.39. The summed E-state index contributed by atoms with van der Waals surface area (Å²) in [7, 11) is 1.56. The first-order chi connectivity index (χ1) is 12.3. The van der Waals surface area contributed by atoms with Crippen LogP contribution >= 0.6 is 0 Å². The molecule has 1 atom stereocenters. The van der Waals surface area contributed by atoms with Crippen LogP contribution in [0.5, 0.6) is 5.75 Å². The topological polar surface area (TPSA) is 97.5 Å². The summed E-state index contributed by atoms with van der Waals surface area (Å²) >= 11 is 0. The van der Waals surface area contributed by atoms with Gasteiger partial charge in [-0.25, -0.2) is 4.79 Å². The van der Waals surface area contributed by atoms with E-state index in [1.165, 1.54) is 0 Å². The number of rotatable bonds is 2. The molecule has 26 heavy (non-hydrogen) atoms. The van der Waals surface area contributed by atoms with Crippen molar-refractivity contribution in [3.63, 3.8) is 0 Å². The first kappa shape index (κ1) is 16.4. The zero-order valence-electron chi connectivity index (χ0n) is 14.6. The van der Waals surface area contributed by atoms with Gasteiger partial charge in [-0.1, -0.05) is 0 Å². The fraction of sp³-hybridized carbons (Fsp3) is 0.316. The monoisotopic (exact) mass is 354 g/mol. The minimum Gasteiger partial charge on any atom is -0.497 e. The zero-order valence-corrected chi connectivity index (χ0v) is 14.6. The average Bonchev–Trinajstić information content (AvgIpc) is 2.82. The van der Waals surface area contributed by atoms with Gasteiger partial charge < -0.3 is 19.8 Å². The fourth-order valence-electron chi connectivity index (χ4n) is 3.63. The number of H-pyrrole nitrogens is 1. The molecule has 2 aromatic rings. The van der Waals surface area contributed by atoms with Crippen molar-refractivity contribution in [2.24, 2.45) is 0 Å². The van der Waals surface area contributed by atoms with E-state index < -0.39 is 17.5 Å². The van der Waals surface area contributed by atoms with Crippen LogP contribution in [0.15, 0.2) is 40.3 Å². The maximum atomic E-state index is 12.7. The molecule has 0 spiro atoms. The molecule has 0 saturated carbocycles. The third-order valence-electron chi connectivity index (χ3n) is 4.90. The summed E-state index contributed by atoms with van der Waals surface area (Å²) in [6.07, 6.45) is 0.0164. The van der Waals surface area contributed by atoms with E-state index in [1.54, 1.807) is 45.2 Å². The molecule has 2 aliphatic rings. The number of methoxy groups -OCH3 is 1. The fourth-order valence-corrected chi connectivity index (χ4v) is 3.63. The predicted octanol–water partition coefficient (Wildman–Crippen LogP) is 1.73. The highest BCUT2D eigenvalue weighted by molar-refractivity contribution is 5.99. The highest BCUT2D eigenvalue weighted by atomic mass is 16.6. The number of benzene rings is 1. The maximum absolute atomic E-state index is 12.7. The van der Waals surface area contributed by atoms with Gasteiger partial charge in [0.1, 0.15) is 11.4 Å². The lowest BCUT2D eigenvalue weighted by atomic mass is 9.83. The molecule has 7 heteroatoms. The van der Waals surface area contributed by atoms with Crippen molar-refractivity contribution in [3.05, 3.63) is 51.5 Å². The van der Waals surface area contributed by atoms with Gasteiger partial charge >= 0.3 is 5.97 Å². The van der Waals surface area contributed by atoms with Gasteiger partial charge in [0.25, 0.3) is 5.56 Å². The molecule has 0 unspecified atom stereocenters. The summed E-state index contributed by atoms with van der Waals surface area (Å²) in [5.74, 6) is -0.740. The van der Waals surface area contributed by atoms with E-state index in [0.29, 0.717) is 28.1 Å². The molecule has 0 radical (unpaired) electrons. The van der Waals surface area contributed by atoms with Crippen LogP contribution < -0.4 is 15.6 Å². The van der Waals surface area contributed by atoms with Crippen LogP contribution in [0, 0.1) is 0 Å². The molecule has 4 rings (SSSR count). The Morgan fingerprint density at radius 2 is 1.96 bits per heavy atom. The number of nitrogens with one attached hydrogen (secondary N) is 2. The van der Waals surface area contributed by atoms with Gasteiger partial charge in [0.2, 0.25) is 5.91 Å². The summed E-state index contributed by atoms with van der Waals surface area (Å²) in [5.41, 5.74) is 0.558. The first-order valence-electron chi connectivity index (χ1n) is 8.29. The van der Waals surface area contributed by atoms with E-state index in [1.807, 2.05) is 0 Å². The SMILES string of the molecule is COc1ccc2[nH]c(=O)c([C@@H]3CC(=O)NC4=C3C(=O)OC4(C)C)cc2c1. The number of ether oxygens (including phenoxy) is 2. The summed E-state index contributed by atoms with van der Waals surface area (Å²) in [4.78, 5) is 40.1. The summed E-state index contributed by atoms with van der Waals surface area (Å²) in [5, 5.41) is 3.50. The second-order valence-corrected chi connectivity index (χ2v) is 7.00. The summed E-state index contributed by atoms with van der Waals surface area (Å²) in [6, 6.07) is 7.01. The number of carbonyl (C=O) groups excluding carboxylic acids is 2. The van der Waals surface area contributed by atoms with Gasteiger partial charge in [-0.05, 0) is 38.1 Å². The number of fused-ring (bicyclic) bond motifs is 1. The largest absolute Gasteiger partial charge is 0.497 e. The lowest BCUT2D eigenvalue weighted by Gasteiger charge is -2.26. The Morgan fingerprint density at radius 1 is 1.19 bits per heavy atom. The Bertz CT molecular complexity index is 1050. The van der Waals surface area contributed by atoms with E-state index in [4.69, 9.17) is 9.47 Å². The van der Waals surface area contributed by atoms with E-state index >= 15 is 0 Å². The Morgan fingerprint density at radius 3 is 2.69 bits per heavy atom. The predicted molar refractivity (Wildman–Crippen MR) is 93.8 cm³/mol. The molecule has 2 N–H and O–H groups in total. The number of hydrogen-bond donors (Lipinski definition) is 2. The van der Waals surface area contributed by atoms with Gasteiger partial charge in [0.05, 0.1) is 18.4 Å². The van der Waals surface area contributed by atoms with Crippen molar-refractivity contribution >= 4 is 22.8 Å². The van der Waals surface area contributed by atoms with Gasteiger partial charge in [0, 0.05) is 28.8 Å². The Labute approximate surface area is 149 Å². The Balaban J connectivity index is 1.92. The van der Waals surface area contributed by atoms with Crippen LogP contribution in [0.25, 0.3) is 10.9 Å². The first-order valence-corrected chi connectivity index (χ1v) is 8.29. The van der Waals surface area contributed by atoms with Crippen LogP contribution in [0.2, 0.25) is 0 Å². The Hall–Kier alpha value is -3.09. The molecule has 0 bridgehead atoms. The third-order valence-corrected chi connectivity index (χ3v) is 4.90. The van der Waals surface area contributed by atoms with E-state index in [0.717, 1.165) is 5.39 Å². The molecular weight excluding hydrogens is 336 g/mol. The average molecular weight is 354 g/mol. The van der Waals surface area contributed by atoms with Gasteiger partial charge in [-0.3, -0.25) is 9.59 Å². The van der Waals surface area contributed by atoms with Crippen molar-refractivity contribution in [3.8, 4) is 5.75 Å². The number of carbonyl (C=O) groups is 2. The van der Waals surface area contributed by atoms with Crippen LogP contribution in [0.1, 0.15) is 31.7 Å². The lowest BCUT2D eigenvalue weighted by molar-refractivity contribution is -0.144. The minimum atomic E-state index is -0.923. The van der Waals surface area contributed by atoms with Crippen molar-refractivity contribution in [1.29, 1.82) is 0 Å². The molecule has 7 nitrogen and oxygen atoms in total. The highest BCUT2D eigenvalue weighted by Gasteiger charge is 2.48. The molecular formula is C19H18N2O5. The number of hydrogen-bond acceptors (Lipinski definition) is 5. The van der Waals surface area contributed by atoms with Crippen molar-refractivity contribution in [2.45, 2.75) is 31.8 Å². The van der Waals surface area contributed by atoms with Crippen LogP contribution in [0.4, 0.5) is 0 Å². The molecule has 134 valence electrons. The number of pyridine rings is 1. The van der Waals surface area contributed by atoms with Crippen molar-refractivity contribution < 1.29 is 19.1 Å².